The minimum absolute atomic E-state index is 0.221. The molecule has 4 nitrogen and oxygen atoms in total. The molecule has 0 bridgehead atoms. The van der Waals surface area contributed by atoms with E-state index in [1.54, 1.807) is 0 Å². The van der Waals surface area contributed by atoms with Gasteiger partial charge in [0.1, 0.15) is 0 Å². The maximum Gasteiger partial charge on any atom is 0.217 e. The van der Waals surface area contributed by atoms with Crippen LogP contribution in [0.15, 0.2) is 48.5 Å². The highest BCUT2D eigenvalue weighted by molar-refractivity contribution is 6.17. The van der Waals surface area contributed by atoms with Crippen molar-refractivity contribution in [2.75, 3.05) is 23.7 Å². The molecule has 2 unspecified atom stereocenters. The number of nitrogens with two attached hydrogens (primary N) is 2. The number of benzene rings is 2. The molecule has 2 aromatic rings. The highest BCUT2D eigenvalue weighted by atomic mass is 15.0. The summed E-state index contributed by atoms with van der Waals surface area (Å²) in [6.45, 7) is 0. The predicted molar refractivity (Wildman–Crippen MR) is 101 cm³/mol. The van der Waals surface area contributed by atoms with E-state index in [1.807, 2.05) is 54.3 Å². The molecule has 22 heavy (non-hydrogen) atoms. The molecule has 0 radical (unpaired) electrons. The third-order valence-electron chi connectivity index (χ3n) is 3.98. The molecule has 2 aromatic carbocycles. The third kappa shape index (κ3) is 3.64. The first-order chi connectivity index (χ1) is 10.4. The minimum atomic E-state index is -0.221. The first-order valence-corrected chi connectivity index (χ1v) is 7.46. The predicted octanol–water partition coefficient (Wildman–Crippen LogP) is 0.355. The molecule has 0 aliphatic carbocycles. The molecule has 0 aliphatic rings. The molecule has 0 saturated heterocycles. The zero-order valence-electron chi connectivity index (χ0n) is 13.8. The minimum Gasteiger partial charge on any atom is -0.424 e. The fourth-order valence-electron chi connectivity index (χ4n) is 2.40. The normalized spacial score (nSPS) is 13.5. The number of hydrogen-bond acceptors (Lipinski definition) is 4. The van der Waals surface area contributed by atoms with Crippen molar-refractivity contribution in [3.8, 4) is 0 Å². The summed E-state index contributed by atoms with van der Waals surface area (Å²) < 4.78 is 0. The Hall–Kier alpha value is -1.91. The lowest BCUT2D eigenvalue weighted by atomic mass is 9.94. The lowest BCUT2D eigenvalue weighted by Crippen LogP contribution is -2.26. The van der Waals surface area contributed by atoms with Gasteiger partial charge in [-0.15, -0.1) is 0 Å². The third-order valence-corrected chi connectivity index (χ3v) is 3.98. The van der Waals surface area contributed by atoms with Crippen LogP contribution in [0.2, 0.25) is 0 Å². The Balaban J connectivity index is 2.15. The molecule has 2 atom stereocenters. The first-order valence-electron chi connectivity index (χ1n) is 7.46. The van der Waals surface area contributed by atoms with Gasteiger partial charge in [0.25, 0.3) is 0 Å². The van der Waals surface area contributed by atoms with Crippen LogP contribution in [-0.2, 0) is 0 Å². The van der Waals surface area contributed by atoms with Gasteiger partial charge >= 0.3 is 0 Å². The monoisotopic (exact) mass is 294 g/mol. The average Bonchev–Trinajstić information content (AvgIpc) is 2.53. The Morgan fingerprint density at radius 1 is 0.682 bits per heavy atom. The summed E-state index contributed by atoms with van der Waals surface area (Å²) in [5.74, 6) is 0. The fourth-order valence-corrected chi connectivity index (χ4v) is 2.40. The lowest BCUT2D eigenvalue weighted by Gasteiger charge is -2.22. The van der Waals surface area contributed by atoms with Crippen LogP contribution >= 0.6 is 0 Å². The maximum absolute atomic E-state index is 6.35. The molecule has 0 fully saturated rings. The van der Waals surface area contributed by atoms with Crippen molar-refractivity contribution >= 4 is 27.3 Å². The van der Waals surface area contributed by atoms with E-state index in [2.05, 4.69) is 33.9 Å². The van der Waals surface area contributed by atoms with Crippen molar-refractivity contribution < 1.29 is 0 Å². The van der Waals surface area contributed by atoms with Gasteiger partial charge in [-0.1, -0.05) is 24.3 Å². The molecule has 0 amide bonds. The Morgan fingerprint density at radius 3 is 1.18 bits per heavy atom. The molecule has 0 saturated carbocycles. The van der Waals surface area contributed by atoms with E-state index in [4.69, 9.17) is 11.5 Å². The van der Waals surface area contributed by atoms with E-state index in [0.717, 1.165) is 22.5 Å². The molecule has 0 spiro atoms. The standard InChI is InChI=1S/C16H24B2N4/c1-21(17)13-7-3-11(4-8-13)15(19)16(20)12-5-9-14(10-6-12)22(2)18/h3-10,15-16H,17-20H2,1-2H3. The van der Waals surface area contributed by atoms with Crippen LogP contribution in [-0.4, -0.2) is 30.1 Å². The van der Waals surface area contributed by atoms with Gasteiger partial charge in [-0.3, -0.25) is 0 Å². The highest BCUT2D eigenvalue weighted by Crippen LogP contribution is 2.27. The Kier molecular flexibility index (Phi) is 5.16. The van der Waals surface area contributed by atoms with Crippen molar-refractivity contribution in [1.29, 1.82) is 0 Å². The molecule has 2 rings (SSSR count). The first kappa shape index (κ1) is 16.5. The van der Waals surface area contributed by atoms with Gasteiger partial charge in [0.05, 0.1) is 0 Å². The topological polar surface area (TPSA) is 58.5 Å². The molecule has 0 heterocycles. The zero-order chi connectivity index (χ0) is 16.3. The average molecular weight is 294 g/mol. The molecule has 4 N–H and O–H groups in total. The second-order valence-corrected chi connectivity index (χ2v) is 6.02. The van der Waals surface area contributed by atoms with Crippen LogP contribution in [0.5, 0.6) is 0 Å². The lowest BCUT2D eigenvalue weighted by molar-refractivity contribution is 0.574. The summed E-state index contributed by atoms with van der Waals surface area (Å²) in [7, 11) is 8.08. The van der Waals surface area contributed by atoms with Crippen molar-refractivity contribution in [2.24, 2.45) is 11.5 Å². The Morgan fingerprint density at radius 2 is 0.955 bits per heavy atom. The van der Waals surface area contributed by atoms with Crippen LogP contribution < -0.4 is 21.1 Å². The van der Waals surface area contributed by atoms with Gasteiger partial charge < -0.3 is 21.1 Å². The molecule has 0 aromatic heterocycles. The van der Waals surface area contributed by atoms with E-state index < -0.39 is 0 Å². The smallest absolute Gasteiger partial charge is 0.217 e. The summed E-state index contributed by atoms with van der Waals surface area (Å²) >= 11 is 0. The van der Waals surface area contributed by atoms with Crippen molar-refractivity contribution in [1.82, 2.24) is 0 Å². The number of nitrogens with zero attached hydrogens (tertiary/aromatic N) is 2. The van der Waals surface area contributed by atoms with Gasteiger partial charge in [0.2, 0.25) is 16.0 Å². The molecule has 114 valence electrons. The summed E-state index contributed by atoms with van der Waals surface area (Å²) in [6.07, 6.45) is 0. The largest absolute Gasteiger partial charge is 0.424 e. The number of rotatable bonds is 5. The van der Waals surface area contributed by atoms with Crippen molar-refractivity contribution in [3.63, 3.8) is 0 Å². The van der Waals surface area contributed by atoms with Crippen LogP contribution in [0.3, 0.4) is 0 Å². The van der Waals surface area contributed by atoms with E-state index in [0.29, 0.717) is 0 Å². The van der Waals surface area contributed by atoms with Crippen molar-refractivity contribution in [3.05, 3.63) is 59.7 Å². The second kappa shape index (κ2) is 6.90. The quantitative estimate of drug-likeness (QED) is 0.782. The Bertz CT molecular complexity index is 541. The summed E-state index contributed by atoms with van der Waals surface area (Å²) in [5.41, 5.74) is 17.1. The maximum atomic E-state index is 6.35. The van der Waals surface area contributed by atoms with E-state index >= 15 is 0 Å². The van der Waals surface area contributed by atoms with Gasteiger partial charge in [-0.2, -0.15) is 0 Å². The molecular weight excluding hydrogens is 270 g/mol. The second-order valence-electron chi connectivity index (χ2n) is 6.02. The summed E-state index contributed by atoms with van der Waals surface area (Å²) in [6, 6.07) is 16.0. The number of hydrogen-bond donors (Lipinski definition) is 2. The van der Waals surface area contributed by atoms with Crippen molar-refractivity contribution in [2.45, 2.75) is 12.1 Å². The zero-order valence-corrected chi connectivity index (χ0v) is 13.8. The van der Waals surface area contributed by atoms with Gasteiger partial charge in [-0.25, -0.2) is 0 Å². The molecular formula is C16H24B2N4. The highest BCUT2D eigenvalue weighted by Gasteiger charge is 2.17. The molecule has 6 heteroatoms. The van der Waals surface area contributed by atoms with Crippen LogP contribution in [0, 0.1) is 0 Å². The van der Waals surface area contributed by atoms with Gasteiger partial charge in [0.15, 0.2) is 0 Å². The van der Waals surface area contributed by atoms with E-state index in [9.17, 15) is 0 Å². The van der Waals surface area contributed by atoms with E-state index in [1.165, 1.54) is 0 Å². The van der Waals surface area contributed by atoms with Crippen LogP contribution in [0.4, 0.5) is 11.4 Å². The summed E-state index contributed by atoms with van der Waals surface area (Å²) in [5, 5.41) is 0. The fraction of sp³-hybridized carbons (Fsp3) is 0.250. The Labute approximate surface area is 134 Å². The van der Waals surface area contributed by atoms with Crippen LogP contribution in [0.1, 0.15) is 23.2 Å². The molecule has 0 aliphatic heterocycles. The van der Waals surface area contributed by atoms with E-state index in [-0.39, 0.29) is 12.1 Å². The van der Waals surface area contributed by atoms with Crippen LogP contribution in [0.25, 0.3) is 0 Å². The van der Waals surface area contributed by atoms with Gasteiger partial charge in [0, 0.05) is 23.5 Å². The summed E-state index contributed by atoms with van der Waals surface area (Å²) in [4.78, 5) is 4.13. The number of anilines is 2. The SMILES string of the molecule is BN(C)c1ccc(C(N)C(N)c2ccc(N(B)C)cc2)cc1. The van der Waals surface area contributed by atoms with Gasteiger partial charge in [-0.05, 0) is 49.5 Å².